The van der Waals surface area contributed by atoms with E-state index in [1.807, 2.05) is 6.07 Å². The Morgan fingerprint density at radius 2 is 2.12 bits per heavy atom. The number of ether oxygens (including phenoxy) is 1. The third kappa shape index (κ3) is 3.93. The minimum absolute atomic E-state index is 0.253. The van der Waals surface area contributed by atoms with Gasteiger partial charge in [0.15, 0.2) is 0 Å². The van der Waals surface area contributed by atoms with Crippen molar-refractivity contribution in [3.63, 3.8) is 0 Å². The maximum absolute atomic E-state index is 5.87. The van der Waals surface area contributed by atoms with Crippen molar-refractivity contribution in [2.45, 2.75) is 45.6 Å². The predicted octanol–water partition coefficient (Wildman–Crippen LogP) is 4.27. The quantitative estimate of drug-likeness (QED) is 0.755. The summed E-state index contributed by atoms with van der Waals surface area (Å²) in [4.78, 5) is 0. The van der Waals surface area contributed by atoms with Crippen molar-refractivity contribution in [3.05, 3.63) is 23.2 Å². The number of unbranched alkanes of at least 4 members (excludes halogenated alkanes) is 1. The molecular weight excluding hydrogens is 222 g/mol. The van der Waals surface area contributed by atoms with Gasteiger partial charge in [0, 0.05) is 5.02 Å². The summed E-state index contributed by atoms with van der Waals surface area (Å²) in [6.45, 7) is 4.32. The lowest BCUT2D eigenvalue weighted by Crippen LogP contribution is -2.15. The summed E-state index contributed by atoms with van der Waals surface area (Å²) in [6.07, 6.45) is 4.71. The van der Waals surface area contributed by atoms with Crippen molar-refractivity contribution in [3.8, 4) is 5.75 Å². The van der Waals surface area contributed by atoms with Gasteiger partial charge >= 0.3 is 0 Å². The average molecular weight is 242 g/mol. The lowest BCUT2D eigenvalue weighted by Gasteiger charge is -2.18. The van der Waals surface area contributed by atoms with Gasteiger partial charge in [0.25, 0.3) is 0 Å². The molecule has 1 unspecified atom stereocenters. The molecule has 1 aromatic rings. The summed E-state index contributed by atoms with van der Waals surface area (Å²) >= 11 is 5.84. The van der Waals surface area contributed by atoms with Crippen LogP contribution in [0.25, 0.3) is 0 Å². The molecule has 90 valence electrons. The van der Waals surface area contributed by atoms with Crippen LogP contribution in [-0.4, -0.2) is 6.10 Å². The van der Waals surface area contributed by atoms with Crippen LogP contribution in [0, 0.1) is 0 Å². The smallest absolute Gasteiger partial charge is 0.142 e. The zero-order chi connectivity index (χ0) is 12.0. The number of hydrogen-bond acceptors (Lipinski definition) is 2. The van der Waals surface area contributed by atoms with E-state index in [4.69, 9.17) is 22.1 Å². The molecule has 0 aliphatic heterocycles. The molecule has 1 atom stereocenters. The van der Waals surface area contributed by atoms with Crippen molar-refractivity contribution in [2.24, 2.45) is 0 Å². The Bertz CT molecular complexity index is 328. The number of anilines is 1. The fourth-order valence-corrected chi connectivity index (χ4v) is 1.76. The fraction of sp³-hybridized carbons (Fsp3) is 0.538. The Labute approximate surface area is 103 Å². The highest BCUT2D eigenvalue weighted by atomic mass is 35.5. The Morgan fingerprint density at radius 3 is 2.69 bits per heavy atom. The van der Waals surface area contributed by atoms with Gasteiger partial charge in [-0.15, -0.1) is 0 Å². The molecule has 0 aliphatic carbocycles. The van der Waals surface area contributed by atoms with Gasteiger partial charge in [-0.1, -0.05) is 38.3 Å². The molecule has 0 heterocycles. The lowest BCUT2D eigenvalue weighted by molar-refractivity contribution is 0.184. The van der Waals surface area contributed by atoms with Gasteiger partial charge in [-0.2, -0.15) is 0 Å². The third-order valence-corrected chi connectivity index (χ3v) is 2.84. The first-order chi connectivity index (χ1) is 7.67. The van der Waals surface area contributed by atoms with Gasteiger partial charge < -0.3 is 10.5 Å². The van der Waals surface area contributed by atoms with Crippen molar-refractivity contribution >= 4 is 17.3 Å². The van der Waals surface area contributed by atoms with Crippen molar-refractivity contribution < 1.29 is 4.74 Å². The normalized spacial score (nSPS) is 12.4. The SMILES string of the molecule is CCCCC(CC)Oc1ccc(Cl)cc1N. The topological polar surface area (TPSA) is 35.2 Å². The average Bonchev–Trinajstić information content (AvgIpc) is 2.27. The van der Waals surface area contributed by atoms with E-state index < -0.39 is 0 Å². The van der Waals surface area contributed by atoms with Gasteiger partial charge in [-0.25, -0.2) is 0 Å². The molecule has 2 N–H and O–H groups in total. The zero-order valence-corrected chi connectivity index (χ0v) is 10.8. The van der Waals surface area contributed by atoms with E-state index in [-0.39, 0.29) is 6.10 Å². The van der Waals surface area contributed by atoms with Gasteiger partial charge in [0.05, 0.1) is 11.8 Å². The Hall–Kier alpha value is -0.890. The number of hydrogen-bond donors (Lipinski definition) is 1. The van der Waals surface area contributed by atoms with Crippen LogP contribution >= 0.6 is 11.6 Å². The molecule has 0 saturated carbocycles. The first kappa shape index (κ1) is 13.2. The molecular formula is C13H20ClNO. The highest BCUT2D eigenvalue weighted by Gasteiger charge is 2.09. The molecule has 1 aromatic carbocycles. The standard InChI is InChI=1S/C13H20ClNO/c1-3-5-6-11(4-2)16-13-8-7-10(14)9-12(13)15/h7-9,11H,3-6,15H2,1-2H3. The highest BCUT2D eigenvalue weighted by molar-refractivity contribution is 6.30. The molecule has 1 rings (SSSR count). The molecule has 0 aliphatic rings. The van der Waals surface area contributed by atoms with Crippen LogP contribution in [0.3, 0.4) is 0 Å². The summed E-state index contributed by atoms with van der Waals surface area (Å²) < 4.78 is 5.87. The van der Waals surface area contributed by atoms with Crippen molar-refractivity contribution in [1.82, 2.24) is 0 Å². The number of halogens is 1. The van der Waals surface area contributed by atoms with Gasteiger partial charge in [-0.3, -0.25) is 0 Å². The van der Waals surface area contributed by atoms with Crippen LogP contribution in [0.5, 0.6) is 5.75 Å². The molecule has 0 aromatic heterocycles. The molecule has 0 fully saturated rings. The molecule has 0 spiro atoms. The maximum atomic E-state index is 5.87. The summed E-state index contributed by atoms with van der Waals surface area (Å²) in [5, 5.41) is 0.645. The van der Waals surface area contributed by atoms with Crippen molar-refractivity contribution in [2.75, 3.05) is 5.73 Å². The number of rotatable bonds is 6. The largest absolute Gasteiger partial charge is 0.488 e. The third-order valence-electron chi connectivity index (χ3n) is 2.60. The maximum Gasteiger partial charge on any atom is 0.142 e. The van der Waals surface area contributed by atoms with E-state index in [0.717, 1.165) is 18.6 Å². The summed E-state index contributed by atoms with van der Waals surface area (Å²) in [6, 6.07) is 5.37. The molecule has 16 heavy (non-hydrogen) atoms. The van der Waals surface area contributed by atoms with Crippen LogP contribution in [0.4, 0.5) is 5.69 Å². The first-order valence-corrected chi connectivity index (χ1v) is 6.26. The molecule has 0 saturated heterocycles. The van der Waals surface area contributed by atoms with Crippen LogP contribution in [-0.2, 0) is 0 Å². The minimum Gasteiger partial charge on any atom is -0.488 e. The fourth-order valence-electron chi connectivity index (χ4n) is 1.58. The van der Waals surface area contributed by atoms with Crippen LogP contribution in [0.2, 0.25) is 5.02 Å². The molecule has 3 heteroatoms. The summed E-state index contributed by atoms with van der Waals surface area (Å²) in [5.41, 5.74) is 6.46. The van der Waals surface area contributed by atoms with Crippen LogP contribution in [0.15, 0.2) is 18.2 Å². The van der Waals surface area contributed by atoms with Crippen LogP contribution < -0.4 is 10.5 Å². The second kappa shape index (κ2) is 6.64. The second-order valence-corrected chi connectivity index (χ2v) is 4.41. The predicted molar refractivity (Wildman–Crippen MR) is 70.1 cm³/mol. The molecule has 0 amide bonds. The summed E-state index contributed by atoms with van der Waals surface area (Å²) in [7, 11) is 0. The Kier molecular flexibility index (Phi) is 5.47. The first-order valence-electron chi connectivity index (χ1n) is 5.89. The van der Waals surface area contributed by atoms with Crippen molar-refractivity contribution in [1.29, 1.82) is 0 Å². The van der Waals surface area contributed by atoms with Gasteiger partial charge in [0.1, 0.15) is 5.75 Å². The van der Waals surface area contributed by atoms with E-state index in [1.54, 1.807) is 12.1 Å². The second-order valence-electron chi connectivity index (χ2n) is 3.97. The molecule has 0 bridgehead atoms. The molecule has 0 radical (unpaired) electrons. The van der Waals surface area contributed by atoms with Crippen LogP contribution in [0.1, 0.15) is 39.5 Å². The monoisotopic (exact) mass is 241 g/mol. The van der Waals surface area contributed by atoms with E-state index in [9.17, 15) is 0 Å². The number of nitrogens with two attached hydrogens (primary N) is 1. The molecule has 2 nitrogen and oxygen atoms in total. The Morgan fingerprint density at radius 1 is 1.38 bits per heavy atom. The Balaban J connectivity index is 2.62. The highest BCUT2D eigenvalue weighted by Crippen LogP contribution is 2.27. The summed E-state index contributed by atoms with van der Waals surface area (Å²) in [5.74, 6) is 0.743. The number of nitrogen functional groups attached to an aromatic ring is 1. The zero-order valence-electron chi connectivity index (χ0n) is 10.0. The minimum atomic E-state index is 0.253. The van der Waals surface area contributed by atoms with E-state index in [2.05, 4.69) is 13.8 Å². The van der Waals surface area contributed by atoms with E-state index in [1.165, 1.54) is 12.8 Å². The van der Waals surface area contributed by atoms with Gasteiger partial charge in [0.2, 0.25) is 0 Å². The van der Waals surface area contributed by atoms with E-state index >= 15 is 0 Å². The number of benzene rings is 1. The van der Waals surface area contributed by atoms with E-state index in [0.29, 0.717) is 10.7 Å². The lowest BCUT2D eigenvalue weighted by atomic mass is 10.1. The van der Waals surface area contributed by atoms with Gasteiger partial charge in [-0.05, 0) is 31.0 Å².